The molecular formula is C16H20N2. The van der Waals surface area contributed by atoms with E-state index in [1.165, 1.54) is 5.56 Å². The lowest BCUT2D eigenvalue weighted by atomic mass is 9.82. The van der Waals surface area contributed by atoms with Gasteiger partial charge < -0.3 is 5.73 Å². The Morgan fingerprint density at radius 2 is 1.78 bits per heavy atom. The molecule has 2 N–H and O–H groups in total. The van der Waals surface area contributed by atoms with Crippen LogP contribution in [0.1, 0.15) is 32.8 Å². The molecule has 0 atom stereocenters. The number of nitrogens with zero attached hydrogens (tertiary/aromatic N) is 1. The van der Waals surface area contributed by atoms with Crippen LogP contribution < -0.4 is 5.73 Å². The van der Waals surface area contributed by atoms with Crippen molar-refractivity contribution in [3.05, 3.63) is 48.2 Å². The highest BCUT2D eigenvalue weighted by atomic mass is 14.7. The number of hydrogen-bond acceptors (Lipinski definition) is 2. The minimum atomic E-state index is 0.224. The summed E-state index contributed by atoms with van der Waals surface area (Å²) in [6.45, 7) is 6.74. The van der Waals surface area contributed by atoms with Gasteiger partial charge in [0.25, 0.3) is 0 Å². The van der Waals surface area contributed by atoms with Crippen LogP contribution in [0.5, 0.6) is 0 Å². The summed E-state index contributed by atoms with van der Waals surface area (Å²) in [7, 11) is 0. The fourth-order valence-corrected chi connectivity index (χ4v) is 1.90. The van der Waals surface area contributed by atoms with E-state index < -0.39 is 0 Å². The summed E-state index contributed by atoms with van der Waals surface area (Å²) in [6.07, 6.45) is 2.87. The number of anilines is 1. The maximum Gasteiger partial charge on any atom is 0.0722 e. The predicted molar refractivity (Wildman–Crippen MR) is 77.4 cm³/mol. The monoisotopic (exact) mass is 240 g/mol. The first kappa shape index (κ1) is 12.6. The topological polar surface area (TPSA) is 38.9 Å². The summed E-state index contributed by atoms with van der Waals surface area (Å²) in [5.41, 5.74) is 10.1. The van der Waals surface area contributed by atoms with Gasteiger partial charge >= 0.3 is 0 Å². The van der Waals surface area contributed by atoms with Crippen LogP contribution in [0.3, 0.4) is 0 Å². The molecule has 0 unspecified atom stereocenters. The largest absolute Gasteiger partial charge is 0.399 e. The van der Waals surface area contributed by atoms with Crippen LogP contribution in [0.25, 0.3) is 11.3 Å². The van der Waals surface area contributed by atoms with Crippen molar-refractivity contribution in [2.24, 2.45) is 0 Å². The van der Waals surface area contributed by atoms with Crippen LogP contribution in [0.15, 0.2) is 42.6 Å². The standard InChI is InChI=1S/C16H20N2/c1-4-16(2,3)13-7-5-12(6-8-13)15-11-14(17)9-10-18-15/h5-11H,4H2,1-3H3,(H2,17,18). The van der Waals surface area contributed by atoms with Gasteiger partial charge in [-0.15, -0.1) is 0 Å². The molecule has 1 heterocycles. The smallest absolute Gasteiger partial charge is 0.0722 e. The van der Waals surface area contributed by atoms with Crippen molar-refractivity contribution >= 4 is 5.69 Å². The molecule has 0 aliphatic heterocycles. The number of hydrogen-bond donors (Lipinski definition) is 1. The maximum atomic E-state index is 5.78. The molecule has 0 fully saturated rings. The maximum absolute atomic E-state index is 5.78. The zero-order valence-electron chi connectivity index (χ0n) is 11.3. The first-order chi connectivity index (χ1) is 8.53. The second kappa shape index (κ2) is 4.81. The second-order valence-corrected chi connectivity index (χ2v) is 5.29. The van der Waals surface area contributed by atoms with Gasteiger partial charge in [0, 0.05) is 17.4 Å². The molecule has 0 amide bonds. The van der Waals surface area contributed by atoms with Crippen molar-refractivity contribution in [2.75, 3.05) is 5.73 Å². The third kappa shape index (κ3) is 2.53. The molecule has 2 rings (SSSR count). The van der Waals surface area contributed by atoms with Crippen LogP contribution in [0.4, 0.5) is 5.69 Å². The second-order valence-electron chi connectivity index (χ2n) is 5.29. The average Bonchev–Trinajstić information content (AvgIpc) is 2.39. The number of aromatic nitrogens is 1. The summed E-state index contributed by atoms with van der Waals surface area (Å²) in [4.78, 5) is 4.34. The Kier molecular flexibility index (Phi) is 3.37. The molecule has 0 saturated carbocycles. The summed E-state index contributed by atoms with van der Waals surface area (Å²) in [5.74, 6) is 0. The molecule has 18 heavy (non-hydrogen) atoms. The van der Waals surface area contributed by atoms with Gasteiger partial charge in [-0.1, -0.05) is 45.0 Å². The molecule has 1 aromatic heterocycles. The number of pyridine rings is 1. The molecule has 0 saturated heterocycles. The van der Waals surface area contributed by atoms with Crippen LogP contribution >= 0.6 is 0 Å². The molecule has 0 aliphatic carbocycles. The lowest BCUT2D eigenvalue weighted by Gasteiger charge is -2.23. The molecule has 0 radical (unpaired) electrons. The Labute approximate surface area is 109 Å². The quantitative estimate of drug-likeness (QED) is 0.880. The van der Waals surface area contributed by atoms with Crippen molar-refractivity contribution < 1.29 is 0 Å². The van der Waals surface area contributed by atoms with E-state index in [-0.39, 0.29) is 5.41 Å². The molecule has 1 aromatic carbocycles. The van der Waals surface area contributed by atoms with Crippen LogP contribution in [-0.2, 0) is 5.41 Å². The van der Waals surface area contributed by atoms with E-state index in [0.29, 0.717) is 0 Å². The van der Waals surface area contributed by atoms with Crippen LogP contribution in [-0.4, -0.2) is 4.98 Å². The van der Waals surface area contributed by atoms with Gasteiger partial charge in [0.2, 0.25) is 0 Å². The summed E-state index contributed by atoms with van der Waals surface area (Å²) >= 11 is 0. The SMILES string of the molecule is CCC(C)(C)c1ccc(-c2cc(N)ccn2)cc1. The molecule has 0 aliphatic rings. The van der Waals surface area contributed by atoms with Crippen molar-refractivity contribution in [1.29, 1.82) is 0 Å². The minimum absolute atomic E-state index is 0.224. The predicted octanol–water partition coefficient (Wildman–Crippen LogP) is 4.02. The van der Waals surface area contributed by atoms with E-state index >= 15 is 0 Å². The first-order valence-corrected chi connectivity index (χ1v) is 6.35. The number of benzene rings is 1. The highest BCUT2D eigenvalue weighted by Gasteiger charge is 2.17. The van der Waals surface area contributed by atoms with Crippen molar-refractivity contribution in [3.8, 4) is 11.3 Å². The Morgan fingerprint density at radius 3 is 2.33 bits per heavy atom. The average molecular weight is 240 g/mol. The van der Waals surface area contributed by atoms with Gasteiger partial charge in [0.15, 0.2) is 0 Å². The van der Waals surface area contributed by atoms with Gasteiger partial charge in [0.05, 0.1) is 5.69 Å². The third-order valence-electron chi connectivity index (χ3n) is 3.63. The van der Waals surface area contributed by atoms with E-state index in [1.807, 2.05) is 6.07 Å². The summed E-state index contributed by atoms with van der Waals surface area (Å²) in [5, 5.41) is 0. The van der Waals surface area contributed by atoms with Gasteiger partial charge in [-0.2, -0.15) is 0 Å². The molecule has 0 bridgehead atoms. The molecule has 0 spiro atoms. The van der Waals surface area contributed by atoms with E-state index in [0.717, 1.165) is 23.4 Å². The molecule has 94 valence electrons. The van der Waals surface area contributed by atoms with Gasteiger partial charge in [-0.25, -0.2) is 0 Å². The van der Waals surface area contributed by atoms with Crippen molar-refractivity contribution in [3.63, 3.8) is 0 Å². The van der Waals surface area contributed by atoms with Gasteiger partial charge in [0.1, 0.15) is 0 Å². The minimum Gasteiger partial charge on any atom is -0.399 e. The summed E-state index contributed by atoms with van der Waals surface area (Å²) in [6, 6.07) is 12.3. The van der Waals surface area contributed by atoms with Gasteiger partial charge in [-0.05, 0) is 29.5 Å². The number of rotatable bonds is 3. The Morgan fingerprint density at radius 1 is 1.11 bits per heavy atom. The first-order valence-electron chi connectivity index (χ1n) is 6.35. The van der Waals surface area contributed by atoms with E-state index in [1.54, 1.807) is 12.3 Å². The number of nitrogen functional groups attached to an aromatic ring is 1. The van der Waals surface area contributed by atoms with Crippen molar-refractivity contribution in [1.82, 2.24) is 4.98 Å². The van der Waals surface area contributed by atoms with Crippen molar-refractivity contribution in [2.45, 2.75) is 32.6 Å². The Hall–Kier alpha value is -1.83. The van der Waals surface area contributed by atoms with Crippen LogP contribution in [0.2, 0.25) is 0 Å². The molecule has 2 nitrogen and oxygen atoms in total. The number of nitrogens with two attached hydrogens (primary N) is 1. The van der Waals surface area contributed by atoms with Gasteiger partial charge in [-0.3, -0.25) is 4.98 Å². The Balaban J connectivity index is 2.33. The lowest BCUT2D eigenvalue weighted by Crippen LogP contribution is -2.14. The Bertz CT molecular complexity index is 527. The highest BCUT2D eigenvalue weighted by molar-refractivity contribution is 5.63. The van der Waals surface area contributed by atoms with E-state index in [4.69, 9.17) is 5.73 Å². The highest BCUT2D eigenvalue weighted by Crippen LogP contribution is 2.28. The fraction of sp³-hybridized carbons (Fsp3) is 0.312. The zero-order valence-corrected chi connectivity index (χ0v) is 11.3. The lowest BCUT2D eigenvalue weighted by molar-refractivity contribution is 0.506. The summed E-state index contributed by atoms with van der Waals surface area (Å²) < 4.78 is 0. The molecule has 2 aromatic rings. The normalized spacial score (nSPS) is 11.5. The fourth-order valence-electron chi connectivity index (χ4n) is 1.90. The van der Waals surface area contributed by atoms with Crippen LogP contribution in [0, 0.1) is 0 Å². The molecule has 2 heteroatoms. The molecular weight excluding hydrogens is 220 g/mol. The van der Waals surface area contributed by atoms with E-state index in [2.05, 4.69) is 50.0 Å². The van der Waals surface area contributed by atoms with E-state index in [9.17, 15) is 0 Å². The zero-order chi connectivity index (χ0) is 13.2. The third-order valence-corrected chi connectivity index (χ3v) is 3.63.